The van der Waals surface area contributed by atoms with Crippen LogP contribution in [0, 0.1) is 6.92 Å². The second kappa shape index (κ2) is 8.77. The summed E-state index contributed by atoms with van der Waals surface area (Å²) in [7, 11) is 1.68. The minimum absolute atomic E-state index is 0.415. The third-order valence-electron chi connectivity index (χ3n) is 4.15. The first-order valence-electron chi connectivity index (χ1n) is 8.94. The minimum atomic E-state index is -0.415. The molecule has 0 unspecified atom stereocenters. The molecule has 1 amide bonds. The maximum atomic E-state index is 11.7. The Labute approximate surface area is 163 Å². The normalized spacial score (nSPS) is 10.6. The van der Waals surface area contributed by atoms with E-state index in [1.54, 1.807) is 18.4 Å². The van der Waals surface area contributed by atoms with Crippen LogP contribution in [0.25, 0.3) is 10.1 Å². The molecule has 0 aliphatic rings. The van der Waals surface area contributed by atoms with E-state index in [0.29, 0.717) is 6.61 Å². The smallest absolute Gasteiger partial charge is 0.411 e. The van der Waals surface area contributed by atoms with Gasteiger partial charge in [-0.3, -0.25) is 5.32 Å². The van der Waals surface area contributed by atoms with Gasteiger partial charge in [-0.1, -0.05) is 6.92 Å². The molecule has 2 aromatic carbocycles. The number of rotatable bonds is 7. The molecule has 0 bridgehead atoms. The average molecular weight is 385 g/mol. The molecule has 0 aliphatic heterocycles. The van der Waals surface area contributed by atoms with Crippen molar-refractivity contribution >= 4 is 38.9 Å². The summed E-state index contributed by atoms with van der Waals surface area (Å²) in [6.45, 7) is 5.09. The summed E-state index contributed by atoms with van der Waals surface area (Å²) in [5, 5.41) is 7.44. The van der Waals surface area contributed by atoms with E-state index < -0.39 is 6.09 Å². The monoisotopic (exact) mass is 384 g/mol. The lowest BCUT2D eigenvalue weighted by molar-refractivity contribution is 0.161. The number of fused-ring (bicyclic) bond motifs is 1. The Morgan fingerprint density at radius 3 is 2.74 bits per heavy atom. The lowest BCUT2D eigenvalue weighted by Gasteiger charge is -2.11. The summed E-state index contributed by atoms with van der Waals surface area (Å²) in [6.07, 6.45) is 0.390. The van der Waals surface area contributed by atoms with Gasteiger partial charge in [0.15, 0.2) is 0 Å². The van der Waals surface area contributed by atoms with Crippen molar-refractivity contribution in [3.05, 3.63) is 52.9 Å². The maximum Gasteiger partial charge on any atom is 0.411 e. The van der Waals surface area contributed by atoms with Crippen molar-refractivity contribution in [2.24, 2.45) is 0 Å². The second-order valence-electron chi connectivity index (χ2n) is 6.26. The SMILES string of the molecule is CCCOC(=O)Nc1ccc(NCc2cc3ccc(OC)cc3s2)cc1C. The standard InChI is InChI=1S/C21H24N2O3S/c1-4-9-26-21(24)23-19-8-6-16(10-14(19)2)22-13-18-11-15-5-7-17(25-3)12-20(15)27-18/h5-8,10-12,22H,4,9,13H2,1-3H3,(H,23,24). The lowest BCUT2D eigenvalue weighted by atomic mass is 10.1. The van der Waals surface area contributed by atoms with E-state index in [0.717, 1.165) is 35.7 Å². The van der Waals surface area contributed by atoms with Crippen molar-refractivity contribution < 1.29 is 14.3 Å². The van der Waals surface area contributed by atoms with Crippen LogP contribution in [-0.4, -0.2) is 19.8 Å². The highest BCUT2D eigenvalue weighted by Gasteiger charge is 2.07. The van der Waals surface area contributed by atoms with Crippen LogP contribution in [0.15, 0.2) is 42.5 Å². The molecule has 1 aromatic heterocycles. The Bertz CT molecular complexity index is 936. The van der Waals surface area contributed by atoms with Gasteiger partial charge in [0, 0.05) is 27.5 Å². The van der Waals surface area contributed by atoms with Gasteiger partial charge >= 0.3 is 6.09 Å². The van der Waals surface area contributed by atoms with Crippen LogP contribution in [0.1, 0.15) is 23.8 Å². The van der Waals surface area contributed by atoms with Gasteiger partial charge in [0.2, 0.25) is 0 Å². The Balaban J connectivity index is 1.62. The van der Waals surface area contributed by atoms with Crippen LogP contribution in [-0.2, 0) is 11.3 Å². The highest BCUT2D eigenvalue weighted by atomic mass is 32.1. The molecule has 6 heteroatoms. The van der Waals surface area contributed by atoms with Crippen molar-refractivity contribution in [2.45, 2.75) is 26.8 Å². The van der Waals surface area contributed by atoms with Gasteiger partial charge in [-0.2, -0.15) is 0 Å². The molecule has 5 nitrogen and oxygen atoms in total. The van der Waals surface area contributed by atoms with Gasteiger partial charge in [-0.25, -0.2) is 4.79 Å². The third-order valence-corrected chi connectivity index (χ3v) is 5.24. The first-order valence-corrected chi connectivity index (χ1v) is 9.75. The third kappa shape index (κ3) is 4.92. The molecule has 3 rings (SSSR count). The number of hydrogen-bond donors (Lipinski definition) is 2. The molecular weight excluding hydrogens is 360 g/mol. The first-order chi connectivity index (χ1) is 13.1. The summed E-state index contributed by atoms with van der Waals surface area (Å²) in [6, 6.07) is 14.2. The fourth-order valence-corrected chi connectivity index (χ4v) is 3.76. The van der Waals surface area contributed by atoms with Crippen LogP contribution in [0.2, 0.25) is 0 Å². The van der Waals surface area contributed by atoms with Crippen LogP contribution < -0.4 is 15.4 Å². The van der Waals surface area contributed by atoms with E-state index in [2.05, 4.69) is 28.8 Å². The second-order valence-corrected chi connectivity index (χ2v) is 7.43. The predicted octanol–water partition coefficient (Wildman–Crippen LogP) is 5.79. The molecule has 0 radical (unpaired) electrons. The number of hydrogen-bond acceptors (Lipinski definition) is 5. The highest BCUT2D eigenvalue weighted by molar-refractivity contribution is 7.19. The summed E-state index contributed by atoms with van der Waals surface area (Å²) in [4.78, 5) is 12.9. The number of amides is 1. The van der Waals surface area contributed by atoms with Crippen LogP contribution >= 0.6 is 11.3 Å². The number of benzene rings is 2. The molecule has 0 spiro atoms. The lowest BCUT2D eigenvalue weighted by Crippen LogP contribution is -2.14. The Hall–Kier alpha value is -2.73. The number of anilines is 2. The van der Waals surface area contributed by atoms with E-state index in [1.165, 1.54) is 15.0 Å². The molecule has 27 heavy (non-hydrogen) atoms. The molecular formula is C21H24N2O3S. The van der Waals surface area contributed by atoms with Gasteiger partial charge < -0.3 is 14.8 Å². The Morgan fingerprint density at radius 2 is 2.00 bits per heavy atom. The van der Waals surface area contributed by atoms with Crippen LogP contribution in [0.4, 0.5) is 16.2 Å². The van der Waals surface area contributed by atoms with Crippen molar-refractivity contribution in [2.75, 3.05) is 24.4 Å². The van der Waals surface area contributed by atoms with Crippen molar-refractivity contribution in [1.82, 2.24) is 0 Å². The summed E-state index contributed by atoms with van der Waals surface area (Å²) in [5.41, 5.74) is 2.75. The fourth-order valence-electron chi connectivity index (χ4n) is 2.72. The van der Waals surface area contributed by atoms with Crippen molar-refractivity contribution in [1.29, 1.82) is 0 Å². The number of thiophene rings is 1. The van der Waals surface area contributed by atoms with E-state index >= 15 is 0 Å². The summed E-state index contributed by atoms with van der Waals surface area (Å²) in [5.74, 6) is 0.875. The fraction of sp³-hybridized carbons (Fsp3) is 0.286. The largest absolute Gasteiger partial charge is 0.497 e. The quantitative estimate of drug-likeness (QED) is 0.541. The molecule has 142 valence electrons. The van der Waals surface area contributed by atoms with Gasteiger partial charge in [0.05, 0.1) is 13.7 Å². The summed E-state index contributed by atoms with van der Waals surface area (Å²) < 4.78 is 11.6. The van der Waals surface area contributed by atoms with Gasteiger partial charge in [0.25, 0.3) is 0 Å². The number of carbonyl (C=O) groups excluding carboxylic acids is 1. The van der Waals surface area contributed by atoms with Crippen LogP contribution in [0.5, 0.6) is 5.75 Å². The zero-order chi connectivity index (χ0) is 19.2. The number of aryl methyl sites for hydroxylation is 1. The van der Waals surface area contributed by atoms with E-state index in [4.69, 9.17) is 9.47 Å². The predicted molar refractivity (Wildman–Crippen MR) is 112 cm³/mol. The first kappa shape index (κ1) is 19.0. The molecule has 3 aromatic rings. The van der Waals surface area contributed by atoms with Gasteiger partial charge in [-0.05, 0) is 66.8 Å². The molecule has 0 fully saturated rings. The maximum absolute atomic E-state index is 11.7. The number of ether oxygens (including phenoxy) is 2. The van der Waals surface area contributed by atoms with Crippen LogP contribution in [0.3, 0.4) is 0 Å². The number of methoxy groups -OCH3 is 1. The molecule has 2 N–H and O–H groups in total. The average Bonchev–Trinajstić information content (AvgIpc) is 3.08. The number of nitrogens with one attached hydrogen (secondary N) is 2. The Kier molecular flexibility index (Phi) is 6.19. The zero-order valence-corrected chi connectivity index (χ0v) is 16.6. The molecule has 0 saturated carbocycles. The molecule has 0 saturated heterocycles. The van der Waals surface area contributed by atoms with Gasteiger partial charge in [-0.15, -0.1) is 11.3 Å². The number of carbonyl (C=O) groups is 1. The van der Waals surface area contributed by atoms with E-state index in [9.17, 15) is 4.79 Å². The van der Waals surface area contributed by atoms with E-state index in [-0.39, 0.29) is 0 Å². The van der Waals surface area contributed by atoms with E-state index in [1.807, 2.05) is 38.1 Å². The topological polar surface area (TPSA) is 59.6 Å². The molecule has 0 aliphatic carbocycles. The highest BCUT2D eigenvalue weighted by Crippen LogP contribution is 2.30. The van der Waals surface area contributed by atoms with Crippen molar-refractivity contribution in [3.63, 3.8) is 0 Å². The van der Waals surface area contributed by atoms with Crippen molar-refractivity contribution in [3.8, 4) is 5.75 Å². The zero-order valence-electron chi connectivity index (χ0n) is 15.8. The Morgan fingerprint density at radius 1 is 1.15 bits per heavy atom. The van der Waals surface area contributed by atoms with Gasteiger partial charge in [0.1, 0.15) is 5.75 Å². The minimum Gasteiger partial charge on any atom is -0.497 e. The molecule has 1 heterocycles. The summed E-state index contributed by atoms with van der Waals surface area (Å²) >= 11 is 1.75. The molecule has 0 atom stereocenters.